The Kier molecular flexibility index (Phi) is 4.95. The number of thioether (sulfide) groups is 1. The summed E-state index contributed by atoms with van der Waals surface area (Å²) in [5.74, 6) is 0. The molecule has 0 saturated heterocycles. The summed E-state index contributed by atoms with van der Waals surface area (Å²) in [7, 11) is 0. The van der Waals surface area contributed by atoms with Crippen LogP contribution in [0.1, 0.15) is 50.6 Å². The zero-order valence-corrected chi connectivity index (χ0v) is 12.7. The molecule has 0 aromatic heterocycles. The van der Waals surface area contributed by atoms with Gasteiger partial charge in [-0.15, -0.1) is 11.8 Å². The molecule has 0 bridgehead atoms. The van der Waals surface area contributed by atoms with Crippen molar-refractivity contribution in [1.29, 1.82) is 0 Å². The highest BCUT2D eigenvalue weighted by atomic mass is 79.9. The van der Waals surface area contributed by atoms with Gasteiger partial charge in [0, 0.05) is 20.7 Å². The SMILES string of the molecule is C[C@@H](N)c1ccc(SC2CCCCC2)c(Br)c1. The second-order valence-electron chi connectivity index (χ2n) is 4.86. The Balaban J connectivity index is 2.05. The molecule has 2 N–H and O–H groups in total. The molecular formula is C14H20BrNS. The Bertz CT molecular complexity index is 372. The van der Waals surface area contributed by atoms with E-state index in [9.17, 15) is 0 Å². The fourth-order valence-corrected chi connectivity index (χ4v) is 4.18. The smallest absolute Gasteiger partial charge is 0.0314 e. The lowest BCUT2D eigenvalue weighted by Crippen LogP contribution is -2.08. The van der Waals surface area contributed by atoms with E-state index in [-0.39, 0.29) is 6.04 Å². The van der Waals surface area contributed by atoms with E-state index < -0.39 is 0 Å². The molecule has 1 nitrogen and oxygen atoms in total. The number of rotatable bonds is 3. The van der Waals surface area contributed by atoms with Gasteiger partial charge in [-0.05, 0) is 53.4 Å². The molecule has 0 amide bonds. The minimum absolute atomic E-state index is 0.111. The number of hydrogen-bond donors (Lipinski definition) is 1. The van der Waals surface area contributed by atoms with Crippen molar-refractivity contribution < 1.29 is 0 Å². The zero-order valence-electron chi connectivity index (χ0n) is 10.3. The van der Waals surface area contributed by atoms with Crippen molar-refractivity contribution in [2.24, 2.45) is 5.73 Å². The van der Waals surface area contributed by atoms with E-state index in [4.69, 9.17) is 5.73 Å². The molecule has 0 aliphatic heterocycles. The highest BCUT2D eigenvalue weighted by Gasteiger charge is 2.16. The first-order valence-corrected chi connectivity index (χ1v) is 8.06. The van der Waals surface area contributed by atoms with Gasteiger partial charge in [0.05, 0.1) is 0 Å². The maximum Gasteiger partial charge on any atom is 0.0314 e. The van der Waals surface area contributed by atoms with Gasteiger partial charge in [-0.1, -0.05) is 25.3 Å². The van der Waals surface area contributed by atoms with Gasteiger partial charge in [-0.3, -0.25) is 0 Å². The van der Waals surface area contributed by atoms with Crippen molar-refractivity contribution in [2.45, 2.75) is 55.2 Å². The van der Waals surface area contributed by atoms with Crippen molar-refractivity contribution >= 4 is 27.7 Å². The largest absolute Gasteiger partial charge is 0.324 e. The van der Waals surface area contributed by atoms with Gasteiger partial charge in [0.1, 0.15) is 0 Å². The summed E-state index contributed by atoms with van der Waals surface area (Å²) < 4.78 is 1.20. The molecule has 0 radical (unpaired) electrons. The molecule has 1 aliphatic carbocycles. The third kappa shape index (κ3) is 3.73. The topological polar surface area (TPSA) is 26.0 Å². The third-order valence-electron chi connectivity index (χ3n) is 3.33. The van der Waals surface area contributed by atoms with Gasteiger partial charge in [-0.25, -0.2) is 0 Å². The first kappa shape index (κ1) is 13.4. The molecular weight excluding hydrogens is 294 g/mol. The van der Waals surface area contributed by atoms with E-state index in [1.165, 1.54) is 47.0 Å². The summed E-state index contributed by atoms with van der Waals surface area (Å²) in [5, 5.41) is 0.807. The molecule has 1 aromatic rings. The average Bonchev–Trinajstić information content (AvgIpc) is 2.33. The van der Waals surface area contributed by atoms with Crippen LogP contribution < -0.4 is 5.73 Å². The van der Waals surface area contributed by atoms with Crippen LogP contribution in [0.25, 0.3) is 0 Å². The van der Waals surface area contributed by atoms with Gasteiger partial charge in [0.2, 0.25) is 0 Å². The standard InChI is InChI=1S/C14H20BrNS/c1-10(16)11-7-8-14(13(15)9-11)17-12-5-3-2-4-6-12/h7-10,12H,2-6,16H2,1H3/t10-/m1/s1. The molecule has 1 saturated carbocycles. The van der Waals surface area contributed by atoms with E-state index >= 15 is 0 Å². The molecule has 1 atom stereocenters. The lowest BCUT2D eigenvalue weighted by molar-refractivity contribution is 0.516. The number of halogens is 1. The fourth-order valence-electron chi connectivity index (χ4n) is 2.26. The third-order valence-corrected chi connectivity index (χ3v) is 5.66. The number of benzene rings is 1. The fraction of sp³-hybridized carbons (Fsp3) is 0.571. The highest BCUT2D eigenvalue weighted by Crippen LogP contribution is 2.37. The molecule has 1 aromatic carbocycles. The maximum absolute atomic E-state index is 5.89. The van der Waals surface area contributed by atoms with Crippen LogP contribution in [0.2, 0.25) is 0 Å². The van der Waals surface area contributed by atoms with Crippen LogP contribution in [0.4, 0.5) is 0 Å². The minimum Gasteiger partial charge on any atom is -0.324 e. The van der Waals surface area contributed by atoms with E-state index in [2.05, 4.69) is 34.1 Å². The predicted octanol–water partition coefficient (Wildman–Crippen LogP) is 4.89. The van der Waals surface area contributed by atoms with Crippen LogP contribution in [0.5, 0.6) is 0 Å². The van der Waals surface area contributed by atoms with Crippen LogP contribution in [-0.4, -0.2) is 5.25 Å². The number of hydrogen-bond acceptors (Lipinski definition) is 2. The van der Waals surface area contributed by atoms with Gasteiger partial charge >= 0.3 is 0 Å². The van der Waals surface area contributed by atoms with Crippen molar-refractivity contribution in [3.05, 3.63) is 28.2 Å². The van der Waals surface area contributed by atoms with Crippen LogP contribution in [0, 0.1) is 0 Å². The highest BCUT2D eigenvalue weighted by molar-refractivity contribution is 9.10. The minimum atomic E-state index is 0.111. The summed E-state index contributed by atoms with van der Waals surface area (Å²) >= 11 is 5.69. The van der Waals surface area contributed by atoms with Crippen LogP contribution in [0.15, 0.2) is 27.6 Å². The molecule has 1 aliphatic rings. The molecule has 17 heavy (non-hydrogen) atoms. The molecule has 0 heterocycles. The molecule has 3 heteroatoms. The second kappa shape index (κ2) is 6.26. The monoisotopic (exact) mass is 313 g/mol. The Morgan fingerprint density at radius 2 is 2.00 bits per heavy atom. The molecule has 0 spiro atoms. The summed E-state index contributed by atoms with van der Waals surface area (Å²) in [4.78, 5) is 1.36. The molecule has 94 valence electrons. The number of nitrogens with two attached hydrogens (primary N) is 1. The quantitative estimate of drug-likeness (QED) is 0.859. The van der Waals surface area contributed by atoms with Gasteiger partial charge in [0.25, 0.3) is 0 Å². The summed E-state index contributed by atoms with van der Waals surface area (Å²) in [6.07, 6.45) is 6.95. The Morgan fingerprint density at radius 1 is 1.29 bits per heavy atom. The maximum atomic E-state index is 5.89. The lowest BCUT2D eigenvalue weighted by atomic mass is 10.0. The Labute approximate surface area is 117 Å². The summed E-state index contributed by atoms with van der Waals surface area (Å²) in [6.45, 7) is 2.02. The Morgan fingerprint density at radius 3 is 2.59 bits per heavy atom. The average molecular weight is 314 g/mol. The van der Waals surface area contributed by atoms with Crippen LogP contribution >= 0.6 is 27.7 Å². The van der Waals surface area contributed by atoms with Gasteiger partial charge in [0.15, 0.2) is 0 Å². The van der Waals surface area contributed by atoms with Crippen molar-refractivity contribution in [1.82, 2.24) is 0 Å². The molecule has 1 fully saturated rings. The predicted molar refractivity (Wildman–Crippen MR) is 79.5 cm³/mol. The van der Waals surface area contributed by atoms with E-state index in [0.717, 1.165) is 5.25 Å². The van der Waals surface area contributed by atoms with Crippen molar-refractivity contribution in [2.75, 3.05) is 0 Å². The lowest BCUT2D eigenvalue weighted by Gasteiger charge is -2.21. The van der Waals surface area contributed by atoms with Crippen molar-refractivity contribution in [3.63, 3.8) is 0 Å². The summed E-state index contributed by atoms with van der Waals surface area (Å²) in [5.41, 5.74) is 7.09. The normalized spacial score (nSPS) is 19.2. The van der Waals surface area contributed by atoms with Gasteiger partial charge in [-0.2, -0.15) is 0 Å². The molecule has 2 rings (SSSR count). The molecule has 0 unspecified atom stereocenters. The first-order chi connectivity index (χ1) is 8.16. The van der Waals surface area contributed by atoms with E-state index in [1.807, 2.05) is 18.7 Å². The van der Waals surface area contributed by atoms with Crippen LogP contribution in [0.3, 0.4) is 0 Å². The second-order valence-corrected chi connectivity index (χ2v) is 7.05. The zero-order chi connectivity index (χ0) is 12.3. The summed E-state index contributed by atoms with van der Waals surface area (Å²) in [6, 6.07) is 6.64. The van der Waals surface area contributed by atoms with E-state index in [0.29, 0.717) is 0 Å². The van der Waals surface area contributed by atoms with Crippen molar-refractivity contribution in [3.8, 4) is 0 Å². The Hall–Kier alpha value is 0.01000. The first-order valence-electron chi connectivity index (χ1n) is 6.38. The van der Waals surface area contributed by atoms with Crippen LogP contribution in [-0.2, 0) is 0 Å². The van der Waals surface area contributed by atoms with E-state index in [1.54, 1.807) is 0 Å². The van der Waals surface area contributed by atoms with Gasteiger partial charge < -0.3 is 5.73 Å².